The Balaban J connectivity index is 1.65. The van der Waals surface area contributed by atoms with Crippen LogP contribution in [-0.4, -0.2) is 4.98 Å². The van der Waals surface area contributed by atoms with Gasteiger partial charge >= 0.3 is 0 Å². The minimum absolute atomic E-state index is 0.540. The van der Waals surface area contributed by atoms with Gasteiger partial charge in [-0.05, 0) is 54.7 Å². The zero-order valence-electron chi connectivity index (χ0n) is 18.7. The summed E-state index contributed by atoms with van der Waals surface area (Å²) in [6.07, 6.45) is 2.20. The number of aryl methyl sites for hydroxylation is 3. The van der Waals surface area contributed by atoms with Gasteiger partial charge in [-0.15, -0.1) is 0 Å². The van der Waals surface area contributed by atoms with Gasteiger partial charge in [0.1, 0.15) is 7.05 Å². The molecule has 5 aromatic rings. The summed E-state index contributed by atoms with van der Waals surface area (Å²) in [5.74, 6) is 0.540. The van der Waals surface area contributed by atoms with Gasteiger partial charge in [-0.1, -0.05) is 50.2 Å². The molecular weight excluding hydrogens is 380 g/mol. The summed E-state index contributed by atoms with van der Waals surface area (Å²) in [5, 5.41) is 2.17. The lowest BCUT2D eigenvalue weighted by Crippen LogP contribution is -2.31. The molecule has 2 aromatic carbocycles. The molecule has 0 aliphatic rings. The van der Waals surface area contributed by atoms with E-state index in [-0.39, 0.29) is 0 Å². The topological polar surface area (TPSA) is 29.9 Å². The average Bonchev–Trinajstić information content (AvgIpc) is 3.11. The normalized spacial score (nSPS) is 11.7. The number of aromatic nitrogens is 2. The van der Waals surface area contributed by atoms with Crippen molar-refractivity contribution in [1.29, 1.82) is 0 Å². The summed E-state index contributed by atoms with van der Waals surface area (Å²) in [6.45, 7) is 8.58. The molecule has 3 heteroatoms. The van der Waals surface area contributed by atoms with Crippen molar-refractivity contribution in [1.82, 2.24) is 4.98 Å². The number of fused-ring (bicyclic) bond motifs is 3. The highest BCUT2D eigenvalue weighted by atomic mass is 16.3. The largest absolute Gasteiger partial charge is 0.437 e. The molecule has 0 aliphatic heterocycles. The first-order chi connectivity index (χ1) is 14.9. The fraction of sp³-hybridized carbons (Fsp3) is 0.214. The van der Waals surface area contributed by atoms with Crippen molar-refractivity contribution in [3.05, 3.63) is 83.7 Å². The SMILES string of the molecule is Cc1ccc2c(n1)oc1c(-c3ccc(-c4ccc(C(C)C)cc4)c[n+]3C)c(C)ccc12. The molecule has 0 atom stereocenters. The fourth-order valence-electron chi connectivity index (χ4n) is 4.33. The van der Waals surface area contributed by atoms with Crippen molar-refractivity contribution >= 4 is 22.1 Å². The maximum absolute atomic E-state index is 6.28. The van der Waals surface area contributed by atoms with Crippen LogP contribution in [0.3, 0.4) is 0 Å². The second-order valence-corrected chi connectivity index (χ2v) is 8.73. The molecule has 0 unspecified atom stereocenters. The van der Waals surface area contributed by atoms with Crippen LogP contribution in [-0.2, 0) is 7.05 Å². The van der Waals surface area contributed by atoms with E-state index in [1.807, 2.05) is 13.0 Å². The van der Waals surface area contributed by atoms with Gasteiger partial charge in [-0.3, -0.25) is 0 Å². The van der Waals surface area contributed by atoms with E-state index >= 15 is 0 Å². The minimum Gasteiger partial charge on any atom is -0.437 e. The van der Waals surface area contributed by atoms with Crippen LogP contribution in [0.5, 0.6) is 0 Å². The van der Waals surface area contributed by atoms with Crippen LogP contribution >= 0.6 is 0 Å². The molecule has 0 fully saturated rings. The Morgan fingerprint density at radius 1 is 0.806 bits per heavy atom. The Hall–Kier alpha value is -3.46. The maximum Gasteiger partial charge on any atom is 0.227 e. The Labute approximate surface area is 183 Å². The predicted molar refractivity (Wildman–Crippen MR) is 127 cm³/mol. The third-order valence-corrected chi connectivity index (χ3v) is 6.15. The number of benzene rings is 2. The molecule has 154 valence electrons. The molecule has 3 aromatic heterocycles. The van der Waals surface area contributed by atoms with Gasteiger partial charge in [-0.25, -0.2) is 9.55 Å². The molecule has 3 nitrogen and oxygen atoms in total. The van der Waals surface area contributed by atoms with E-state index in [0.717, 1.165) is 33.3 Å². The van der Waals surface area contributed by atoms with Crippen LogP contribution < -0.4 is 4.57 Å². The van der Waals surface area contributed by atoms with Gasteiger partial charge in [0.15, 0.2) is 11.8 Å². The van der Waals surface area contributed by atoms with E-state index in [4.69, 9.17) is 4.42 Å². The first-order valence-corrected chi connectivity index (χ1v) is 10.8. The first kappa shape index (κ1) is 19.5. The van der Waals surface area contributed by atoms with Gasteiger partial charge in [0, 0.05) is 28.1 Å². The maximum atomic E-state index is 6.28. The number of furan rings is 1. The third-order valence-electron chi connectivity index (χ3n) is 6.15. The molecule has 0 saturated carbocycles. The molecule has 0 radical (unpaired) electrons. The van der Waals surface area contributed by atoms with E-state index < -0.39 is 0 Å². The highest BCUT2D eigenvalue weighted by Crippen LogP contribution is 2.36. The molecule has 0 aliphatic carbocycles. The summed E-state index contributed by atoms with van der Waals surface area (Å²) in [6, 6.07) is 21.7. The average molecular weight is 408 g/mol. The Kier molecular flexibility index (Phi) is 4.62. The smallest absolute Gasteiger partial charge is 0.227 e. The lowest BCUT2D eigenvalue weighted by atomic mass is 9.98. The molecule has 3 heterocycles. The van der Waals surface area contributed by atoms with Gasteiger partial charge in [0.2, 0.25) is 11.4 Å². The summed E-state index contributed by atoms with van der Waals surface area (Å²) < 4.78 is 8.47. The summed E-state index contributed by atoms with van der Waals surface area (Å²) in [5.41, 5.74) is 9.79. The van der Waals surface area contributed by atoms with Crippen LogP contribution in [0.15, 0.2) is 71.3 Å². The second kappa shape index (κ2) is 7.35. The Morgan fingerprint density at radius 2 is 1.52 bits per heavy atom. The second-order valence-electron chi connectivity index (χ2n) is 8.73. The monoisotopic (exact) mass is 407 g/mol. The van der Waals surface area contributed by atoms with Crippen molar-refractivity contribution in [2.45, 2.75) is 33.6 Å². The highest BCUT2D eigenvalue weighted by Gasteiger charge is 2.21. The van der Waals surface area contributed by atoms with Crippen molar-refractivity contribution in [2.24, 2.45) is 7.05 Å². The lowest BCUT2D eigenvalue weighted by molar-refractivity contribution is -0.659. The van der Waals surface area contributed by atoms with E-state index in [9.17, 15) is 0 Å². The Morgan fingerprint density at radius 3 is 2.23 bits per heavy atom. The molecule has 0 bridgehead atoms. The zero-order valence-corrected chi connectivity index (χ0v) is 18.7. The molecule has 0 spiro atoms. The lowest BCUT2D eigenvalue weighted by Gasteiger charge is -2.09. The first-order valence-electron chi connectivity index (χ1n) is 10.8. The van der Waals surface area contributed by atoms with Gasteiger partial charge < -0.3 is 4.42 Å². The van der Waals surface area contributed by atoms with E-state index in [1.54, 1.807) is 0 Å². The molecule has 0 amide bonds. The number of hydrogen-bond acceptors (Lipinski definition) is 2. The highest BCUT2D eigenvalue weighted by molar-refractivity contribution is 6.08. The number of rotatable bonds is 3. The fourth-order valence-corrected chi connectivity index (χ4v) is 4.33. The summed E-state index contributed by atoms with van der Waals surface area (Å²) in [4.78, 5) is 4.60. The minimum atomic E-state index is 0.540. The van der Waals surface area contributed by atoms with Crippen molar-refractivity contribution in [3.63, 3.8) is 0 Å². The Bertz CT molecular complexity index is 1430. The van der Waals surface area contributed by atoms with E-state index in [0.29, 0.717) is 11.6 Å². The van der Waals surface area contributed by atoms with Crippen molar-refractivity contribution in [3.8, 4) is 22.4 Å². The van der Waals surface area contributed by atoms with Crippen LogP contribution in [0.2, 0.25) is 0 Å². The number of hydrogen-bond donors (Lipinski definition) is 0. The zero-order chi connectivity index (χ0) is 21.7. The number of pyridine rings is 2. The predicted octanol–water partition coefficient (Wildman–Crippen LogP) is 6.88. The summed E-state index contributed by atoms with van der Waals surface area (Å²) in [7, 11) is 2.10. The van der Waals surface area contributed by atoms with Gasteiger partial charge in [0.25, 0.3) is 0 Å². The standard InChI is InChI=1S/C28H27N2O/c1-17(2)20-8-10-21(11-9-20)22-12-15-25(30(5)16-22)26-18(3)6-13-23-24-14-7-19(4)29-28(24)31-27(23)26/h6-17H,1-5H3/q+1. The van der Waals surface area contributed by atoms with E-state index in [1.165, 1.54) is 22.3 Å². The van der Waals surface area contributed by atoms with Gasteiger partial charge in [0.05, 0.1) is 5.56 Å². The van der Waals surface area contributed by atoms with Crippen LogP contribution in [0.4, 0.5) is 0 Å². The van der Waals surface area contributed by atoms with Crippen molar-refractivity contribution < 1.29 is 8.98 Å². The number of nitrogens with zero attached hydrogens (tertiary/aromatic N) is 2. The molecule has 0 saturated heterocycles. The van der Waals surface area contributed by atoms with E-state index in [2.05, 4.69) is 98.2 Å². The summed E-state index contributed by atoms with van der Waals surface area (Å²) >= 11 is 0. The van der Waals surface area contributed by atoms with Crippen molar-refractivity contribution in [2.75, 3.05) is 0 Å². The molecule has 31 heavy (non-hydrogen) atoms. The molecule has 0 N–H and O–H groups in total. The third kappa shape index (κ3) is 3.31. The van der Waals surface area contributed by atoms with Gasteiger partial charge in [-0.2, -0.15) is 0 Å². The molecular formula is C28H27N2O+. The quantitative estimate of drug-likeness (QED) is 0.305. The molecule has 5 rings (SSSR count). The van der Waals surface area contributed by atoms with Crippen LogP contribution in [0.1, 0.15) is 36.6 Å². The van der Waals surface area contributed by atoms with Crippen LogP contribution in [0, 0.1) is 13.8 Å². The van der Waals surface area contributed by atoms with Crippen LogP contribution in [0.25, 0.3) is 44.5 Å².